The highest BCUT2D eigenvalue weighted by molar-refractivity contribution is 6.31. The van der Waals surface area contributed by atoms with E-state index in [4.69, 9.17) is 25.8 Å². The zero-order chi connectivity index (χ0) is 20.5. The van der Waals surface area contributed by atoms with Crippen molar-refractivity contribution in [3.8, 4) is 17.2 Å². The fourth-order valence-electron chi connectivity index (χ4n) is 3.08. The highest BCUT2D eigenvalue weighted by Crippen LogP contribution is 2.33. The van der Waals surface area contributed by atoms with Crippen LogP contribution in [0.2, 0.25) is 5.02 Å². The Morgan fingerprint density at radius 3 is 2.17 bits per heavy atom. The zero-order valence-electron chi connectivity index (χ0n) is 16.8. The maximum absolute atomic E-state index is 6.38. The van der Waals surface area contributed by atoms with Crippen LogP contribution in [0.3, 0.4) is 0 Å². The van der Waals surface area contributed by atoms with Gasteiger partial charge in [0.25, 0.3) is 0 Å². The van der Waals surface area contributed by atoms with Gasteiger partial charge in [0.05, 0.1) is 20.8 Å². The molecule has 0 aromatic heterocycles. The molecule has 0 saturated heterocycles. The maximum Gasteiger partial charge on any atom is 0.162 e. The van der Waals surface area contributed by atoms with Gasteiger partial charge < -0.3 is 19.5 Å². The lowest BCUT2D eigenvalue weighted by molar-refractivity contribution is 0.317. The van der Waals surface area contributed by atoms with E-state index in [1.807, 2.05) is 42.5 Å². The Balaban J connectivity index is 1.57. The van der Waals surface area contributed by atoms with E-state index in [0.29, 0.717) is 36.2 Å². The minimum Gasteiger partial charge on any atom is -0.493 e. The molecule has 0 saturated carbocycles. The molecule has 0 radical (unpaired) electrons. The predicted molar refractivity (Wildman–Crippen MR) is 117 cm³/mol. The molecule has 0 aliphatic carbocycles. The third-order valence-electron chi connectivity index (χ3n) is 4.65. The highest BCUT2D eigenvalue weighted by atomic mass is 35.5. The lowest BCUT2D eigenvalue weighted by Crippen LogP contribution is -2.14. The molecule has 0 heterocycles. The molecule has 4 nitrogen and oxygen atoms in total. The van der Waals surface area contributed by atoms with E-state index in [1.54, 1.807) is 20.3 Å². The van der Waals surface area contributed by atoms with E-state index in [1.165, 1.54) is 5.56 Å². The van der Waals surface area contributed by atoms with Gasteiger partial charge in [-0.2, -0.15) is 0 Å². The predicted octanol–water partition coefficient (Wildman–Crippen LogP) is 5.27. The van der Waals surface area contributed by atoms with E-state index in [2.05, 4.69) is 23.5 Å². The Bertz CT molecular complexity index is 915. The van der Waals surface area contributed by atoms with E-state index >= 15 is 0 Å². The van der Waals surface area contributed by atoms with Crippen LogP contribution in [0, 0.1) is 0 Å². The van der Waals surface area contributed by atoms with E-state index in [9.17, 15) is 0 Å². The van der Waals surface area contributed by atoms with Gasteiger partial charge in [0.15, 0.2) is 11.5 Å². The van der Waals surface area contributed by atoms with Crippen molar-refractivity contribution in [2.75, 3.05) is 20.8 Å². The quantitative estimate of drug-likeness (QED) is 0.493. The molecule has 1 N–H and O–H groups in total. The summed E-state index contributed by atoms with van der Waals surface area (Å²) in [7, 11) is 3.22. The largest absolute Gasteiger partial charge is 0.493 e. The van der Waals surface area contributed by atoms with E-state index < -0.39 is 0 Å². The Morgan fingerprint density at radius 2 is 1.41 bits per heavy atom. The van der Waals surface area contributed by atoms with Gasteiger partial charge in [-0.25, -0.2) is 0 Å². The molecule has 0 amide bonds. The second kappa shape index (κ2) is 10.7. The number of halogens is 1. The molecule has 3 rings (SSSR count). The smallest absolute Gasteiger partial charge is 0.162 e. The average Bonchev–Trinajstić information content (AvgIpc) is 2.76. The number of nitrogens with one attached hydrogen (secondary N) is 1. The maximum atomic E-state index is 6.38. The Hall–Kier alpha value is -2.69. The number of ether oxygens (including phenoxy) is 3. The zero-order valence-corrected chi connectivity index (χ0v) is 17.5. The lowest BCUT2D eigenvalue weighted by atomic mass is 10.1. The molecule has 5 heteroatoms. The molecule has 3 aromatic carbocycles. The number of hydrogen-bond donors (Lipinski definition) is 1. The first-order chi connectivity index (χ1) is 14.2. The third-order valence-corrected chi connectivity index (χ3v) is 5.00. The van der Waals surface area contributed by atoms with E-state index in [-0.39, 0.29) is 0 Å². The van der Waals surface area contributed by atoms with Crippen LogP contribution in [0.1, 0.15) is 16.7 Å². The summed E-state index contributed by atoms with van der Waals surface area (Å²) in [6, 6.07) is 22.1. The van der Waals surface area contributed by atoms with Crippen molar-refractivity contribution >= 4 is 11.6 Å². The SMILES string of the molecule is COc1cc(Cl)c(CNCc2ccccc2OCCc2ccccc2)cc1OC. The first kappa shape index (κ1) is 21.0. The first-order valence-electron chi connectivity index (χ1n) is 9.57. The first-order valence-corrected chi connectivity index (χ1v) is 9.94. The van der Waals surface area contributed by atoms with Gasteiger partial charge in [0, 0.05) is 36.2 Å². The molecule has 29 heavy (non-hydrogen) atoms. The second-order valence-corrected chi connectivity index (χ2v) is 7.00. The highest BCUT2D eigenvalue weighted by Gasteiger charge is 2.10. The van der Waals surface area contributed by atoms with Gasteiger partial charge in [0.1, 0.15) is 5.75 Å². The van der Waals surface area contributed by atoms with Crippen LogP contribution in [-0.2, 0) is 19.5 Å². The third kappa shape index (κ3) is 5.89. The number of para-hydroxylation sites is 1. The Labute approximate surface area is 177 Å². The summed E-state index contributed by atoms with van der Waals surface area (Å²) in [5.41, 5.74) is 3.33. The fraction of sp³-hybridized carbons (Fsp3) is 0.250. The summed E-state index contributed by atoms with van der Waals surface area (Å²) in [6.45, 7) is 1.92. The summed E-state index contributed by atoms with van der Waals surface area (Å²) in [5.74, 6) is 2.19. The summed E-state index contributed by atoms with van der Waals surface area (Å²) < 4.78 is 16.7. The molecule has 0 spiro atoms. The molecule has 0 atom stereocenters. The standard InChI is InChI=1S/C24H26ClNO3/c1-27-23-14-20(21(25)15-24(23)28-2)17-26-16-19-10-6-7-11-22(19)29-13-12-18-8-4-3-5-9-18/h3-11,14-15,26H,12-13,16-17H2,1-2H3. The number of benzene rings is 3. The van der Waals surface area contributed by atoms with Crippen LogP contribution in [0.25, 0.3) is 0 Å². The van der Waals surface area contributed by atoms with Crippen molar-refractivity contribution in [3.05, 3.63) is 88.4 Å². The van der Waals surface area contributed by atoms with Crippen LogP contribution in [0.15, 0.2) is 66.7 Å². The van der Waals surface area contributed by atoms with Gasteiger partial charge in [-0.1, -0.05) is 60.1 Å². The van der Waals surface area contributed by atoms with Crippen molar-refractivity contribution in [2.24, 2.45) is 0 Å². The van der Waals surface area contributed by atoms with Crippen LogP contribution in [0.4, 0.5) is 0 Å². The number of rotatable bonds is 10. The second-order valence-electron chi connectivity index (χ2n) is 6.59. The monoisotopic (exact) mass is 411 g/mol. The lowest BCUT2D eigenvalue weighted by Gasteiger charge is -2.14. The Kier molecular flexibility index (Phi) is 7.79. The molecule has 3 aromatic rings. The minimum atomic E-state index is 0.609. The molecule has 0 unspecified atom stereocenters. The van der Waals surface area contributed by atoms with Gasteiger partial charge in [0.2, 0.25) is 0 Å². The average molecular weight is 412 g/mol. The van der Waals surface area contributed by atoms with Gasteiger partial charge in [-0.3, -0.25) is 0 Å². The molecule has 0 aliphatic rings. The summed E-state index contributed by atoms with van der Waals surface area (Å²) >= 11 is 6.38. The number of hydrogen-bond acceptors (Lipinski definition) is 4. The van der Waals surface area contributed by atoms with Gasteiger partial charge in [-0.15, -0.1) is 0 Å². The minimum absolute atomic E-state index is 0.609. The summed E-state index contributed by atoms with van der Waals surface area (Å²) in [6.07, 6.45) is 0.879. The van der Waals surface area contributed by atoms with E-state index in [0.717, 1.165) is 23.3 Å². The van der Waals surface area contributed by atoms with Crippen molar-refractivity contribution in [1.82, 2.24) is 5.32 Å². The molecular formula is C24H26ClNO3. The molecule has 152 valence electrons. The fourth-order valence-corrected chi connectivity index (χ4v) is 3.30. The van der Waals surface area contributed by atoms with Crippen LogP contribution in [0.5, 0.6) is 17.2 Å². The van der Waals surface area contributed by atoms with Crippen molar-refractivity contribution < 1.29 is 14.2 Å². The van der Waals surface area contributed by atoms with Crippen LogP contribution < -0.4 is 19.5 Å². The topological polar surface area (TPSA) is 39.7 Å². The number of methoxy groups -OCH3 is 2. The van der Waals surface area contributed by atoms with Crippen molar-refractivity contribution in [3.63, 3.8) is 0 Å². The van der Waals surface area contributed by atoms with Crippen LogP contribution >= 0.6 is 11.6 Å². The summed E-state index contributed by atoms with van der Waals surface area (Å²) in [5, 5.41) is 4.08. The van der Waals surface area contributed by atoms with Gasteiger partial charge >= 0.3 is 0 Å². The molecule has 0 aliphatic heterocycles. The van der Waals surface area contributed by atoms with Crippen molar-refractivity contribution in [1.29, 1.82) is 0 Å². The normalized spacial score (nSPS) is 10.6. The molecule has 0 fully saturated rings. The van der Waals surface area contributed by atoms with Crippen molar-refractivity contribution in [2.45, 2.75) is 19.5 Å². The molecule has 0 bridgehead atoms. The summed E-state index contributed by atoms with van der Waals surface area (Å²) in [4.78, 5) is 0. The Morgan fingerprint density at radius 1 is 0.759 bits per heavy atom. The van der Waals surface area contributed by atoms with Gasteiger partial charge in [-0.05, 0) is 23.3 Å². The molecular weight excluding hydrogens is 386 g/mol. The van der Waals surface area contributed by atoms with Crippen LogP contribution in [-0.4, -0.2) is 20.8 Å².